The normalized spacial score (nSPS) is 18.3. The molecule has 2 atom stereocenters. The number of rotatable bonds is 12. The van der Waals surface area contributed by atoms with Crippen LogP contribution in [-0.2, 0) is 18.3 Å². The zero-order valence-electron chi connectivity index (χ0n) is 17.1. The van der Waals surface area contributed by atoms with Crippen molar-refractivity contribution in [2.24, 2.45) is 5.92 Å². The van der Waals surface area contributed by atoms with Crippen molar-refractivity contribution < 1.29 is 18.3 Å². The van der Waals surface area contributed by atoms with Gasteiger partial charge in [-0.1, -0.05) is 62.4 Å². The summed E-state index contributed by atoms with van der Waals surface area (Å²) in [6, 6.07) is 10.1. The fourth-order valence-corrected chi connectivity index (χ4v) is 6.00. The van der Waals surface area contributed by atoms with Crippen LogP contribution in [0.25, 0.3) is 0 Å². The van der Waals surface area contributed by atoms with E-state index in [9.17, 15) is 4.57 Å². The van der Waals surface area contributed by atoms with Crippen LogP contribution in [0.15, 0.2) is 30.3 Å². The number of methoxy groups -OCH3 is 1. The smallest absolute Gasteiger partial charge is 0.347 e. The summed E-state index contributed by atoms with van der Waals surface area (Å²) in [4.78, 5) is 0. The van der Waals surface area contributed by atoms with Gasteiger partial charge in [-0.25, -0.2) is 0 Å². The molecule has 1 saturated carbocycles. The molecule has 154 valence electrons. The predicted molar refractivity (Wildman–Crippen MR) is 110 cm³/mol. The number of nitrogens with one attached hydrogen (secondary N) is 1. The van der Waals surface area contributed by atoms with E-state index >= 15 is 0 Å². The Balaban J connectivity index is 2.23. The van der Waals surface area contributed by atoms with Gasteiger partial charge in [-0.2, -0.15) is 0 Å². The van der Waals surface area contributed by atoms with Crippen LogP contribution in [0.3, 0.4) is 0 Å². The summed E-state index contributed by atoms with van der Waals surface area (Å²) in [5, 5.41) is 3.59. The van der Waals surface area contributed by atoms with Crippen LogP contribution in [-0.4, -0.2) is 32.7 Å². The highest BCUT2D eigenvalue weighted by Gasteiger charge is 2.38. The van der Waals surface area contributed by atoms with Crippen molar-refractivity contribution in [3.8, 4) is 0 Å². The second-order valence-electron chi connectivity index (χ2n) is 7.22. The fourth-order valence-electron chi connectivity index (χ4n) is 3.93. The van der Waals surface area contributed by atoms with Crippen molar-refractivity contribution >= 4 is 7.60 Å². The maximum atomic E-state index is 13.6. The van der Waals surface area contributed by atoms with Crippen molar-refractivity contribution in [3.05, 3.63) is 35.9 Å². The van der Waals surface area contributed by atoms with E-state index in [0.717, 1.165) is 12.0 Å². The molecule has 0 aromatic heterocycles. The fraction of sp³-hybridized carbons (Fsp3) is 0.714. The van der Waals surface area contributed by atoms with Gasteiger partial charge >= 0.3 is 7.60 Å². The molecule has 0 unspecified atom stereocenters. The molecule has 1 aromatic rings. The zero-order valence-corrected chi connectivity index (χ0v) is 18.0. The second-order valence-corrected chi connectivity index (χ2v) is 9.44. The molecule has 1 fully saturated rings. The molecule has 2 rings (SSSR count). The topological polar surface area (TPSA) is 56.8 Å². The average Bonchev–Trinajstić information content (AvgIpc) is 2.69. The van der Waals surface area contributed by atoms with Crippen LogP contribution in [0.1, 0.15) is 64.0 Å². The van der Waals surface area contributed by atoms with Gasteiger partial charge in [-0.15, -0.1) is 0 Å². The molecule has 1 aromatic carbocycles. The first kappa shape index (κ1) is 22.6. The monoisotopic (exact) mass is 397 g/mol. The van der Waals surface area contributed by atoms with Gasteiger partial charge in [0.15, 0.2) is 0 Å². The minimum atomic E-state index is -3.26. The Morgan fingerprint density at radius 2 is 1.70 bits per heavy atom. The quantitative estimate of drug-likeness (QED) is 0.470. The van der Waals surface area contributed by atoms with E-state index in [2.05, 4.69) is 17.4 Å². The van der Waals surface area contributed by atoms with E-state index in [1.807, 2.05) is 32.0 Å². The van der Waals surface area contributed by atoms with Gasteiger partial charge in [0.1, 0.15) is 5.78 Å². The third-order valence-electron chi connectivity index (χ3n) is 5.21. The van der Waals surface area contributed by atoms with Gasteiger partial charge in [0.25, 0.3) is 0 Å². The summed E-state index contributed by atoms with van der Waals surface area (Å²) >= 11 is 0. The van der Waals surface area contributed by atoms with Gasteiger partial charge in [-0.3, -0.25) is 9.88 Å². The number of ether oxygens (including phenoxy) is 1. The molecule has 27 heavy (non-hydrogen) atoms. The SMILES string of the molecule is CCOP(=O)(OCC)[C@H](CC1CCCCC1)N[C@@H](COC)c1ccccc1. The average molecular weight is 397 g/mol. The molecular weight excluding hydrogens is 361 g/mol. The minimum Gasteiger partial charge on any atom is -0.383 e. The van der Waals surface area contributed by atoms with E-state index < -0.39 is 7.60 Å². The molecule has 6 heteroatoms. The molecule has 5 nitrogen and oxygen atoms in total. The van der Waals surface area contributed by atoms with Gasteiger partial charge in [0.05, 0.1) is 25.9 Å². The highest BCUT2D eigenvalue weighted by molar-refractivity contribution is 7.54. The third-order valence-corrected chi connectivity index (χ3v) is 7.57. The molecule has 0 heterocycles. The van der Waals surface area contributed by atoms with Gasteiger partial charge < -0.3 is 13.8 Å². The number of benzene rings is 1. The van der Waals surface area contributed by atoms with E-state index in [4.69, 9.17) is 13.8 Å². The number of hydrogen-bond donors (Lipinski definition) is 1. The predicted octanol–water partition coefficient (Wildman–Crippen LogP) is 5.53. The molecule has 0 spiro atoms. The van der Waals surface area contributed by atoms with Gasteiger partial charge in [0, 0.05) is 7.11 Å². The standard InChI is InChI=1S/C21H36NO4P/c1-4-25-27(23,26-5-2)21(16-18-12-8-6-9-13-18)22-20(17-24-3)19-14-10-7-11-15-19/h7,10-11,14-15,18,20-22H,4-6,8-9,12-13,16-17H2,1-3H3/t20-,21+/m0/s1. The third kappa shape index (κ3) is 6.99. The van der Waals surface area contributed by atoms with Crippen molar-refractivity contribution in [1.29, 1.82) is 0 Å². The summed E-state index contributed by atoms with van der Waals surface area (Å²) in [6.45, 7) is 4.99. The lowest BCUT2D eigenvalue weighted by molar-refractivity contribution is 0.152. The van der Waals surface area contributed by atoms with Gasteiger partial charge in [-0.05, 0) is 31.7 Å². The molecule has 0 bridgehead atoms. The molecule has 1 N–H and O–H groups in total. The van der Waals surface area contributed by atoms with Crippen LogP contribution in [0.4, 0.5) is 0 Å². The largest absolute Gasteiger partial charge is 0.383 e. The second kappa shape index (κ2) is 12.0. The summed E-state index contributed by atoms with van der Waals surface area (Å²) in [5.74, 6) is 0.227. The molecule has 0 saturated heterocycles. The lowest BCUT2D eigenvalue weighted by Gasteiger charge is -2.34. The molecule has 1 aliphatic carbocycles. The highest BCUT2D eigenvalue weighted by Crippen LogP contribution is 2.55. The Morgan fingerprint density at radius 3 is 2.26 bits per heavy atom. The summed E-state index contributed by atoms with van der Waals surface area (Å²) in [5.41, 5.74) is 1.12. The van der Waals surface area contributed by atoms with Gasteiger partial charge in [0.2, 0.25) is 0 Å². The molecule has 1 aliphatic rings. The zero-order chi connectivity index (χ0) is 19.5. The highest BCUT2D eigenvalue weighted by atomic mass is 31.2. The maximum Gasteiger partial charge on any atom is 0.347 e. The first-order valence-electron chi connectivity index (χ1n) is 10.3. The lowest BCUT2D eigenvalue weighted by Crippen LogP contribution is -2.38. The number of hydrogen-bond acceptors (Lipinski definition) is 5. The van der Waals surface area contributed by atoms with E-state index in [0.29, 0.717) is 25.7 Å². The van der Waals surface area contributed by atoms with Crippen LogP contribution in [0.5, 0.6) is 0 Å². The lowest BCUT2D eigenvalue weighted by atomic mass is 9.87. The Morgan fingerprint density at radius 1 is 1.07 bits per heavy atom. The Hall–Kier alpha value is -0.710. The first-order valence-corrected chi connectivity index (χ1v) is 11.9. The van der Waals surface area contributed by atoms with Crippen molar-refractivity contribution in [2.75, 3.05) is 26.9 Å². The Kier molecular flexibility index (Phi) is 10.0. The summed E-state index contributed by atoms with van der Waals surface area (Å²) in [7, 11) is -1.57. The summed E-state index contributed by atoms with van der Waals surface area (Å²) < 4.78 is 30.5. The molecular formula is C21H36NO4P. The summed E-state index contributed by atoms with van der Waals surface area (Å²) in [6.07, 6.45) is 7.01. The van der Waals surface area contributed by atoms with Crippen molar-refractivity contribution in [1.82, 2.24) is 5.32 Å². The Labute approximate surface area is 164 Å². The molecule has 0 radical (unpaired) electrons. The van der Waals surface area contributed by atoms with E-state index in [1.165, 1.54) is 32.1 Å². The van der Waals surface area contributed by atoms with Crippen molar-refractivity contribution in [2.45, 2.75) is 64.2 Å². The molecule has 0 amide bonds. The van der Waals surface area contributed by atoms with Crippen LogP contribution >= 0.6 is 7.60 Å². The molecule has 0 aliphatic heterocycles. The maximum absolute atomic E-state index is 13.6. The van der Waals surface area contributed by atoms with Crippen LogP contribution in [0, 0.1) is 5.92 Å². The first-order chi connectivity index (χ1) is 13.1. The minimum absolute atomic E-state index is 0.0565. The van der Waals surface area contributed by atoms with Crippen LogP contribution in [0.2, 0.25) is 0 Å². The Bertz CT molecular complexity index is 553. The van der Waals surface area contributed by atoms with Crippen LogP contribution < -0.4 is 5.32 Å². The van der Waals surface area contributed by atoms with Crippen molar-refractivity contribution in [3.63, 3.8) is 0 Å². The van der Waals surface area contributed by atoms with E-state index in [1.54, 1.807) is 7.11 Å². The van der Waals surface area contributed by atoms with E-state index in [-0.39, 0.29) is 11.8 Å².